The van der Waals surface area contributed by atoms with E-state index in [2.05, 4.69) is 116 Å². The molecule has 43 heavy (non-hydrogen) atoms. The SMILES string of the molecule is O=C(O)C1CCCO1.[CH2-]CP(c1ccccc1)c1ccccc1.[Lu+3].[c-]1cccc2cc3ccccc3cc12.c1cc[cH-]c1. The first-order valence-electron chi connectivity index (χ1n) is 14.1. The number of benzene rings is 5. The predicted molar refractivity (Wildman–Crippen MR) is 178 cm³/mol. The zero-order valence-corrected chi connectivity index (χ0v) is 26.5. The maximum Gasteiger partial charge on any atom is 3.00 e. The normalized spacial score (nSPS) is 13.4. The molecule has 1 heterocycles. The third-order valence-corrected chi connectivity index (χ3v) is 8.94. The molecule has 6 aromatic carbocycles. The number of hydrogen-bond donors (Lipinski definition) is 1. The topological polar surface area (TPSA) is 46.5 Å². The van der Waals surface area contributed by atoms with Gasteiger partial charge in [-0.15, -0.1) is 41.1 Å². The van der Waals surface area contributed by atoms with E-state index in [0.29, 0.717) is 13.0 Å². The fourth-order valence-corrected chi connectivity index (χ4v) is 6.41. The molecule has 0 amide bonds. The van der Waals surface area contributed by atoms with E-state index < -0.39 is 12.1 Å². The summed E-state index contributed by atoms with van der Waals surface area (Å²) in [5.41, 5.74) is 0. The summed E-state index contributed by atoms with van der Waals surface area (Å²) in [5, 5.41) is 16.1. The Morgan fingerprint density at radius 2 is 1.37 bits per heavy atom. The average molecular weight is 747 g/mol. The van der Waals surface area contributed by atoms with Crippen molar-refractivity contribution in [3.05, 3.63) is 159 Å². The summed E-state index contributed by atoms with van der Waals surface area (Å²) in [6.45, 7) is 4.68. The van der Waals surface area contributed by atoms with Crippen molar-refractivity contribution in [1.29, 1.82) is 0 Å². The first-order chi connectivity index (χ1) is 20.7. The monoisotopic (exact) mass is 746 g/mol. The molecule has 7 rings (SSSR count). The zero-order chi connectivity index (χ0) is 29.4. The van der Waals surface area contributed by atoms with Gasteiger partial charge in [0.25, 0.3) is 0 Å². The van der Waals surface area contributed by atoms with Gasteiger partial charge in [0, 0.05) is 6.61 Å². The summed E-state index contributed by atoms with van der Waals surface area (Å²) in [7, 11) is -0.260. The number of fused-ring (bicyclic) bond motifs is 2. The molecule has 0 radical (unpaired) electrons. The molecule has 1 fully saturated rings. The Morgan fingerprint density at radius 1 is 0.814 bits per heavy atom. The number of rotatable bonds is 4. The Kier molecular flexibility index (Phi) is 15.6. The Bertz CT molecular complexity index is 1440. The van der Waals surface area contributed by atoms with Crippen LogP contribution in [0.3, 0.4) is 0 Å². The molecular formula is C38H36LuO3P. The third kappa shape index (κ3) is 11.3. The van der Waals surface area contributed by atoms with Gasteiger partial charge in [0.15, 0.2) is 6.10 Å². The van der Waals surface area contributed by atoms with Gasteiger partial charge in [-0.05, 0) is 28.8 Å². The molecule has 0 bridgehead atoms. The molecule has 1 aliphatic heterocycles. The molecule has 3 nitrogen and oxygen atoms in total. The Hall–Kier alpha value is -2.94. The molecule has 0 aliphatic carbocycles. The van der Waals surface area contributed by atoms with E-state index in [1.165, 1.54) is 32.2 Å². The van der Waals surface area contributed by atoms with E-state index in [1.54, 1.807) is 0 Å². The number of hydrogen-bond acceptors (Lipinski definition) is 2. The number of carboxylic acid groups (broad SMARTS) is 1. The van der Waals surface area contributed by atoms with Crippen LogP contribution in [0, 0.1) is 49.9 Å². The molecule has 5 heteroatoms. The molecule has 0 saturated carbocycles. The van der Waals surface area contributed by atoms with E-state index in [0.717, 1.165) is 12.6 Å². The van der Waals surface area contributed by atoms with Gasteiger partial charge in [-0.3, -0.25) is 0 Å². The molecule has 1 N–H and O–H groups in total. The Morgan fingerprint density at radius 3 is 1.84 bits per heavy atom. The van der Waals surface area contributed by atoms with Crippen LogP contribution in [0.1, 0.15) is 12.8 Å². The summed E-state index contributed by atoms with van der Waals surface area (Å²) < 4.78 is 4.81. The summed E-state index contributed by atoms with van der Waals surface area (Å²) in [5.74, 6) is -0.831. The number of ether oxygens (including phenoxy) is 1. The fourth-order valence-electron chi connectivity index (χ4n) is 4.53. The summed E-state index contributed by atoms with van der Waals surface area (Å²) in [6, 6.07) is 53.5. The van der Waals surface area contributed by atoms with Crippen molar-refractivity contribution in [3.63, 3.8) is 0 Å². The van der Waals surface area contributed by atoms with Crippen LogP contribution in [0.5, 0.6) is 0 Å². The smallest absolute Gasteiger partial charge is 0.479 e. The van der Waals surface area contributed by atoms with Gasteiger partial charge in [-0.2, -0.15) is 24.4 Å². The van der Waals surface area contributed by atoms with Crippen molar-refractivity contribution in [2.24, 2.45) is 0 Å². The van der Waals surface area contributed by atoms with Crippen molar-refractivity contribution in [2.45, 2.75) is 18.9 Å². The van der Waals surface area contributed by atoms with E-state index in [1.807, 2.05) is 42.5 Å². The minimum atomic E-state index is -0.831. The van der Waals surface area contributed by atoms with Crippen LogP contribution in [0.4, 0.5) is 0 Å². The van der Waals surface area contributed by atoms with Crippen LogP contribution in [0.2, 0.25) is 0 Å². The average Bonchev–Trinajstić information content (AvgIpc) is 3.81. The first kappa shape index (κ1) is 34.6. The predicted octanol–water partition coefficient (Wildman–Crippen LogP) is 8.40. The van der Waals surface area contributed by atoms with Crippen LogP contribution < -0.4 is 10.6 Å². The van der Waals surface area contributed by atoms with Gasteiger partial charge < -0.3 is 16.8 Å². The largest absolute Gasteiger partial charge is 3.00 e. The van der Waals surface area contributed by atoms with Crippen LogP contribution in [-0.4, -0.2) is 29.9 Å². The van der Waals surface area contributed by atoms with Crippen LogP contribution in [-0.2, 0) is 9.53 Å². The Labute approximate surface area is 285 Å². The van der Waals surface area contributed by atoms with Gasteiger partial charge in [-0.1, -0.05) is 104 Å². The molecular weight excluding hydrogens is 710 g/mol. The quantitative estimate of drug-likeness (QED) is 0.112. The van der Waals surface area contributed by atoms with Gasteiger partial charge in [0.1, 0.15) is 0 Å². The van der Waals surface area contributed by atoms with Gasteiger partial charge in [-0.25, -0.2) is 16.9 Å². The van der Waals surface area contributed by atoms with Crippen LogP contribution >= 0.6 is 7.92 Å². The second-order valence-electron chi connectivity index (χ2n) is 9.58. The number of carboxylic acids is 1. The van der Waals surface area contributed by atoms with Crippen LogP contribution in [0.25, 0.3) is 21.5 Å². The van der Waals surface area contributed by atoms with Crippen molar-refractivity contribution in [1.82, 2.24) is 0 Å². The molecule has 0 aromatic heterocycles. The van der Waals surface area contributed by atoms with Crippen molar-refractivity contribution < 1.29 is 51.5 Å². The minimum Gasteiger partial charge on any atom is -0.479 e. The molecule has 0 spiro atoms. The second kappa shape index (κ2) is 19.4. The second-order valence-corrected chi connectivity index (χ2v) is 11.9. The van der Waals surface area contributed by atoms with Gasteiger partial charge in [0.05, 0.1) is 0 Å². The summed E-state index contributed by atoms with van der Waals surface area (Å²) in [4.78, 5) is 10.1. The van der Waals surface area contributed by atoms with E-state index in [4.69, 9.17) is 9.84 Å². The maximum atomic E-state index is 10.1. The maximum absolute atomic E-state index is 10.1. The summed E-state index contributed by atoms with van der Waals surface area (Å²) in [6.07, 6.45) is 2.00. The van der Waals surface area contributed by atoms with E-state index in [-0.39, 0.29) is 44.8 Å². The Balaban J connectivity index is 0.000000167. The van der Waals surface area contributed by atoms with Crippen molar-refractivity contribution in [3.8, 4) is 0 Å². The van der Waals surface area contributed by atoms with Crippen molar-refractivity contribution >= 4 is 46.0 Å². The van der Waals surface area contributed by atoms with E-state index >= 15 is 0 Å². The van der Waals surface area contributed by atoms with Gasteiger partial charge >= 0.3 is 42.8 Å². The molecule has 1 atom stereocenters. The van der Waals surface area contributed by atoms with E-state index in [9.17, 15) is 4.79 Å². The minimum absolute atomic E-state index is 0. The molecule has 1 unspecified atom stereocenters. The fraction of sp³-hybridized carbons (Fsp3) is 0.132. The molecule has 1 aliphatic rings. The zero-order valence-electron chi connectivity index (χ0n) is 23.9. The number of carbonyl (C=O) groups is 1. The molecule has 6 aromatic rings. The van der Waals surface area contributed by atoms with Crippen LogP contribution in [0.15, 0.2) is 146 Å². The molecule has 226 valence electrons. The number of aliphatic carboxylic acids is 1. The first-order valence-corrected chi connectivity index (χ1v) is 15.7. The third-order valence-electron chi connectivity index (χ3n) is 6.65. The summed E-state index contributed by atoms with van der Waals surface area (Å²) >= 11 is 0. The molecule has 1 saturated heterocycles. The van der Waals surface area contributed by atoms with Crippen molar-refractivity contribution in [2.75, 3.05) is 12.8 Å². The standard InChI is InChI=1S/C14H14P.C14H9.C5H8O3.C5H5.Lu/c1-2-15(13-9-5-3-6-10-13)14-11-7-4-8-12-14;1-2-6-12-10-14-8-4-3-7-13(14)9-11(12)5-1;6-5(7)4-2-1-3-8-4;1-2-4-5-3-1;/h3-12H,1-2H2;1-7,9-10H;4H,1-3H2,(H,6,7);1-5H;/q2*-1;;-1;+3. The van der Waals surface area contributed by atoms with Gasteiger partial charge in [0.2, 0.25) is 0 Å².